The van der Waals surface area contributed by atoms with E-state index in [0.29, 0.717) is 6.54 Å². The van der Waals surface area contributed by atoms with Gasteiger partial charge in [-0.1, -0.05) is 28.1 Å². The molecule has 1 aliphatic heterocycles. The van der Waals surface area contributed by atoms with Crippen molar-refractivity contribution in [2.24, 2.45) is 0 Å². The zero-order valence-electron chi connectivity index (χ0n) is 7.38. The largest absolute Gasteiger partial charge is 0.287 e. The van der Waals surface area contributed by atoms with Crippen LogP contribution in [0.4, 0.5) is 0 Å². The first-order valence-corrected chi connectivity index (χ1v) is 5.04. The number of rotatable bonds is 1. The van der Waals surface area contributed by atoms with E-state index in [9.17, 15) is 4.79 Å². The van der Waals surface area contributed by atoms with Crippen LogP contribution in [0.3, 0.4) is 0 Å². The van der Waals surface area contributed by atoms with Crippen molar-refractivity contribution in [3.05, 3.63) is 39.9 Å². The van der Waals surface area contributed by atoms with E-state index >= 15 is 0 Å². The first-order valence-electron chi connectivity index (χ1n) is 4.25. The molecule has 0 aliphatic carbocycles. The average Bonchev–Trinajstić information content (AvgIpc) is 2.52. The van der Waals surface area contributed by atoms with Crippen LogP contribution in [0.15, 0.2) is 34.3 Å². The third kappa shape index (κ3) is 2.02. The van der Waals surface area contributed by atoms with Gasteiger partial charge >= 0.3 is 0 Å². The molecular weight excluding hydrogens is 244 g/mol. The lowest BCUT2D eigenvalue weighted by Gasteiger charge is -1.95. The minimum absolute atomic E-state index is 0.0509. The SMILES string of the molecule is O=C1NNC/C1=C\c1cccc(Br)c1. The fraction of sp³-hybridized carbons (Fsp3) is 0.100. The maximum absolute atomic E-state index is 11.2. The second kappa shape index (κ2) is 3.94. The molecule has 1 aliphatic rings. The Labute approximate surface area is 90.3 Å². The molecule has 1 aromatic rings. The van der Waals surface area contributed by atoms with Crippen LogP contribution in [0.5, 0.6) is 0 Å². The Morgan fingerprint density at radius 1 is 1.43 bits per heavy atom. The van der Waals surface area contributed by atoms with Crippen LogP contribution in [0.25, 0.3) is 6.08 Å². The third-order valence-corrected chi connectivity index (χ3v) is 2.46. The molecule has 2 N–H and O–H groups in total. The highest BCUT2D eigenvalue weighted by molar-refractivity contribution is 9.10. The van der Waals surface area contributed by atoms with E-state index < -0.39 is 0 Å². The van der Waals surface area contributed by atoms with E-state index in [1.807, 2.05) is 30.3 Å². The molecule has 0 saturated carbocycles. The van der Waals surface area contributed by atoms with Gasteiger partial charge in [-0.05, 0) is 23.8 Å². The summed E-state index contributed by atoms with van der Waals surface area (Å²) in [6, 6.07) is 7.83. The van der Waals surface area contributed by atoms with Crippen molar-refractivity contribution in [3.8, 4) is 0 Å². The standard InChI is InChI=1S/C10H9BrN2O/c11-9-3-1-2-7(5-9)4-8-6-12-13-10(8)14/h1-5,12H,6H2,(H,13,14)/b8-4+. The van der Waals surface area contributed by atoms with E-state index in [-0.39, 0.29) is 5.91 Å². The molecule has 14 heavy (non-hydrogen) atoms. The number of carbonyl (C=O) groups excluding carboxylic acids is 1. The molecule has 1 fully saturated rings. The second-order valence-corrected chi connectivity index (χ2v) is 3.95. The van der Waals surface area contributed by atoms with Crippen LogP contribution in [0.1, 0.15) is 5.56 Å². The van der Waals surface area contributed by atoms with Gasteiger partial charge in [0.05, 0.1) is 0 Å². The smallest absolute Gasteiger partial charge is 0.262 e. The third-order valence-electron chi connectivity index (χ3n) is 1.96. The van der Waals surface area contributed by atoms with Crippen LogP contribution in [-0.4, -0.2) is 12.5 Å². The number of hydrogen-bond donors (Lipinski definition) is 2. The maximum Gasteiger partial charge on any atom is 0.262 e. The molecule has 0 unspecified atom stereocenters. The molecule has 4 heteroatoms. The van der Waals surface area contributed by atoms with Crippen molar-refractivity contribution in [3.63, 3.8) is 0 Å². The van der Waals surface area contributed by atoms with E-state index in [2.05, 4.69) is 26.8 Å². The van der Waals surface area contributed by atoms with E-state index in [4.69, 9.17) is 0 Å². The summed E-state index contributed by atoms with van der Waals surface area (Å²) in [7, 11) is 0. The molecule has 3 nitrogen and oxygen atoms in total. The second-order valence-electron chi connectivity index (χ2n) is 3.03. The highest BCUT2D eigenvalue weighted by atomic mass is 79.9. The summed E-state index contributed by atoms with van der Waals surface area (Å²) in [4.78, 5) is 11.2. The van der Waals surface area contributed by atoms with Crippen molar-refractivity contribution in [2.75, 3.05) is 6.54 Å². The molecule has 1 saturated heterocycles. The summed E-state index contributed by atoms with van der Waals surface area (Å²) in [5.74, 6) is -0.0509. The average molecular weight is 253 g/mol. The van der Waals surface area contributed by atoms with Crippen LogP contribution in [-0.2, 0) is 4.79 Å². The fourth-order valence-electron chi connectivity index (χ4n) is 1.29. The minimum Gasteiger partial charge on any atom is -0.287 e. The van der Waals surface area contributed by atoms with Gasteiger partial charge in [-0.15, -0.1) is 0 Å². The monoisotopic (exact) mass is 252 g/mol. The van der Waals surface area contributed by atoms with Crippen molar-refractivity contribution in [1.29, 1.82) is 0 Å². The number of halogens is 1. The quantitative estimate of drug-likeness (QED) is 0.744. The molecule has 0 atom stereocenters. The summed E-state index contributed by atoms with van der Waals surface area (Å²) < 4.78 is 1.01. The number of hydrazine groups is 1. The summed E-state index contributed by atoms with van der Waals surface area (Å²) in [5, 5.41) is 0. The molecule has 1 heterocycles. The Morgan fingerprint density at radius 2 is 2.29 bits per heavy atom. The van der Waals surface area contributed by atoms with Crippen molar-refractivity contribution >= 4 is 27.9 Å². The molecule has 0 spiro atoms. The lowest BCUT2D eigenvalue weighted by atomic mass is 10.1. The van der Waals surface area contributed by atoms with Gasteiger partial charge in [0, 0.05) is 16.6 Å². The van der Waals surface area contributed by atoms with Gasteiger partial charge in [-0.25, -0.2) is 5.43 Å². The van der Waals surface area contributed by atoms with Gasteiger partial charge in [-0.2, -0.15) is 0 Å². The molecule has 0 bridgehead atoms. The Balaban J connectivity index is 2.28. The molecule has 1 aromatic carbocycles. The maximum atomic E-state index is 11.2. The van der Waals surface area contributed by atoms with E-state index in [0.717, 1.165) is 15.6 Å². The molecular formula is C10H9BrN2O. The molecule has 72 valence electrons. The lowest BCUT2D eigenvalue weighted by Crippen LogP contribution is -2.25. The first-order chi connectivity index (χ1) is 6.75. The fourth-order valence-corrected chi connectivity index (χ4v) is 1.71. The van der Waals surface area contributed by atoms with Gasteiger partial charge in [0.1, 0.15) is 0 Å². The summed E-state index contributed by atoms with van der Waals surface area (Å²) in [5.41, 5.74) is 7.09. The van der Waals surface area contributed by atoms with E-state index in [1.54, 1.807) is 0 Å². The van der Waals surface area contributed by atoms with E-state index in [1.165, 1.54) is 0 Å². The predicted octanol–water partition coefficient (Wildman–Crippen LogP) is 1.47. The Bertz CT molecular complexity index is 401. The van der Waals surface area contributed by atoms with Crippen molar-refractivity contribution in [2.45, 2.75) is 0 Å². The zero-order valence-corrected chi connectivity index (χ0v) is 8.97. The van der Waals surface area contributed by atoms with Gasteiger partial charge in [0.15, 0.2) is 0 Å². The first kappa shape index (κ1) is 9.43. The minimum atomic E-state index is -0.0509. The number of amides is 1. The topological polar surface area (TPSA) is 41.1 Å². The van der Waals surface area contributed by atoms with Crippen LogP contribution in [0.2, 0.25) is 0 Å². The van der Waals surface area contributed by atoms with Crippen molar-refractivity contribution in [1.82, 2.24) is 10.9 Å². The summed E-state index contributed by atoms with van der Waals surface area (Å²) in [6.07, 6.45) is 1.88. The van der Waals surface area contributed by atoms with Gasteiger partial charge < -0.3 is 0 Å². The summed E-state index contributed by atoms with van der Waals surface area (Å²) >= 11 is 3.38. The molecule has 0 radical (unpaired) electrons. The van der Waals surface area contributed by atoms with Gasteiger partial charge in [0.25, 0.3) is 5.91 Å². The van der Waals surface area contributed by atoms with Crippen LogP contribution < -0.4 is 10.9 Å². The zero-order chi connectivity index (χ0) is 9.97. The molecule has 1 amide bonds. The highest BCUT2D eigenvalue weighted by Crippen LogP contribution is 2.14. The highest BCUT2D eigenvalue weighted by Gasteiger charge is 2.14. The van der Waals surface area contributed by atoms with Gasteiger partial charge in [0.2, 0.25) is 0 Å². The predicted molar refractivity (Wildman–Crippen MR) is 58.3 cm³/mol. The Kier molecular flexibility index (Phi) is 2.65. The Hall–Kier alpha value is -1.13. The molecule has 0 aromatic heterocycles. The van der Waals surface area contributed by atoms with Crippen LogP contribution in [0, 0.1) is 0 Å². The van der Waals surface area contributed by atoms with Crippen LogP contribution >= 0.6 is 15.9 Å². The lowest BCUT2D eigenvalue weighted by molar-refractivity contribution is -0.116. The number of carbonyl (C=O) groups is 1. The summed E-state index contributed by atoms with van der Waals surface area (Å²) in [6.45, 7) is 0.575. The molecule has 2 rings (SSSR count). The number of nitrogens with one attached hydrogen (secondary N) is 2. The number of benzene rings is 1. The van der Waals surface area contributed by atoms with Crippen molar-refractivity contribution < 1.29 is 4.79 Å². The normalized spacial score (nSPS) is 18.6. The number of hydrogen-bond acceptors (Lipinski definition) is 2. The van der Waals surface area contributed by atoms with Gasteiger partial charge in [-0.3, -0.25) is 10.2 Å². The Morgan fingerprint density at radius 3 is 2.93 bits per heavy atom.